The Balaban J connectivity index is 2.36. The highest BCUT2D eigenvalue weighted by atomic mass is 32.2. The molecule has 0 heterocycles. The average Bonchev–Trinajstić information content (AvgIpc) is 2.84. The van der Waals surface area contributed by atoms with E-state index >= 15 is 0 Å². The number of carbonyl (C=O) groups is 3. The molecule has 2 atom stereocenters. The van der Waals surface area contributed by atoms with Crippen LogP contribution in [0, 0.1) is 0 Å². The molecule has 2 N–H and O–H groups in total. The highest BCUT2D eigenvalue weighted by Gasteiger charge is 2.35. The molecule has 0 spiro atoms. The first-order valence-electron chi connectivity index (χ1n) is 11.9. The molecule has 196 valence electrons. The van der Waals surface area contributed by atoms with Crippen molar-refractivity contribution < 1.29 is 23.9 Å². The number of anilines is 1. The van der Waals surface area contributed by atoms with Crippen LogP contribution in [0.2, 0.25) is 0 Å². The molecule has 0 aliphatic heterocycles. The van der Waals surface area contributed by atoms with Crippen LogP contribution in [0.4, 0.5) is 10.5 Å². The van der Waals surface area contributed by atoms with Gasteiger partial charge in [0.05, 0.1) is 7.11 Å². The number of nitrogens with one attached hydrogen (secondary N) is 2. The predicted octanol–water partition coefficient (Wildman–Crippen LogP) is 4.87. The summed E-state index contributed by atoms with van der Waals surface area (Å²) in [7, 11) is 1.57. The molecule has 3 amide bonds. The standard InChI is InChI=1S/C27H37N3O5S/c1-7-30(25(32)22(17-18-36-6)29-26(33)35-27(2,3)4)23(19-11-9-8-10-12-19)24(31)28-20-13-15-21(34-5)16-14-20/h8-16,22-23H,7,17-18H2,1-6H3,(H,28,31)(H,29,33). The van der Waals surface area contributed by atoms with Crippen molar-refractivity contribution in [1.82, 2.24) is 10.2 Å². The minimum absolute atomic E-state index is 0.264. The van der Waals surface area contributed by atoms with Crippen LogP contribution in [-0.4, -0.2) is 60.1 Å². The second-order valence-electron chi connectivity index (χ2n) is 9.14. The summed E-state index contributed by atoms with van der Waals surface area (Å²) in [6.07, 6.45) is 1.66. The Morgan fingerprint density at radius 1 is 1.03 bits per heavy atom. The van der Waals surface area contributed by atoms with Gasteiger partial charge in [-0.25, -0.2) is 4.79 Å². The molecule has 0 saturated heterocycles. The summed E-state index contributed by atoms with van der Waals surface area (Å²) >= 11 is 1.57. The molecule has 0 fully saturated rings. The first kappa shape index (κ1) is 29.0. The van der Waals surface area contributed by atoms with E-state index in [1.54, 1.807) is 63.9 Å². The minimum atomic E-state index is -0.900. The van der Waals surface area contributed by atoms with Gasteiger partial charge in [-0.15, -0.1) is 0 Å². The molecule has 2 unspecified atom stereocenters. The van der Waals surface area contributed by atoms with E-state index < -0.39 is 23.8 Å². The van der Waals surface area contributed by atoms with Crippen LogP contribution in [0.1, 0.15) is 45.7 Å². The third-order valence-electron chi connectivity index (χ3n) is 5.26. The largest absolute Gasteiger partial charge is 0.497 e. The smallest absolute Gasteiger partial charge is 0.408 e. The van der Waals surface area contributed by atoms with Crippen LogP contribution in [0.25, 0.3) is 0 Å². The Labute approximate surface area is 218 Å². The van der Waals surface area contributed by atoms with Gasteiger partial charge in [0, 0.05) is 12.2 Å². The van der Waals surface area contributed by atoms with Gasteiger partial charge in [-0.05, 0) is 76.0 Å². The number of carbonyl (C=O) groups excluding carboxylic acids is 3. The third-order valence-corrected chi connectivity index (χ3v) is 5.90. The Morgan fingerprint density at radius 2 is 1.67 bits per heavy atom. The fourth-order valence-electron chi connectivity index (χ4n) is 3.60. The summed E-state index contributed by atoms with van der Waals surface area (Å²) < 4.78 is 10.6. The fourth-order valence-corrected chi connectivity index (χ4v) is 4.07. The van der Waals surface area contributed by atoms with E-state index in [2.05, 4.69) is 10.6 Å². The number of thioether (sulfide) groups is 1. The van der Waals surface area contributed by atoms with Gasteiger partial charge in [-0.3, -0.25) is 9.59 Å². The lowest BCUT2D eigenvalue weighted by Gasteiger charge is -2.33. The molecular weight excluding hydrogens is 478 g/mol. The summed E-state index contributed by atoms with van der Waals surface area (Å²) in [6.45, 7) is 7.36. The van der Waals surface area contributed by atoms with Gasteiger partial charge in [0.2, 0.25) is 5.91 Å². The quantitative estimate of drug-likeness (QED) is 0.443. The number of ether oxygens (including phenoxy) is 2. The molecule has 0 aliphatic rings. The number of methoxy groups -OCH3 is 1. The molecule has 0 aromatic heterocycles. The van der Waals surface area contributed by atoms with E-state index in [1.807, 2.05) is 43.5 Å². The molecule has 8 nitrogen and oxygen atoms in total. The van der Waals surface area contributed by atoms with Crippen molar-refractivity contribution in [3.8, 4) is 5.75 Å². The van der Waals surface area contributed by atoms with Crippen molar-refractivity contribution in [2.75, 3.05) is 31.0 Å². The van der Waals surface area contributed by atoms with Gasteiger partial charge in [0.15, 0.2) is 0 Å². The normalized spacial score (nSPS) is 12.7. The molecule has 0 aliphatic carbocycles. The van der Waals surface area contributed by atoms with E-state index in [-0.39, 0.29) is 18.4 Å². The first-order chi connectivity index (χ1) is 17.1. The van der Waals surface area contributed by atoms with Crippen molar-refractivity contribution in [2.45, 2.75) is 51.8 Å². The van der Waals surface area contributed by atoms with Crippen molar-refractivity contribution >= 4 is 35.4 Å². The SMILES string of the molecule is CCN(C(=O)C(CCSC)NC(=O)OC(C)(C)C)C(C(=O)Nc1ccc(OC)cc1)c1ccccc1. The zero-order chi connectivity index (χ0) is 26.7. The van der Waals surface area contributed by atoms with Gasteiger partial charge in [0.1, 0.15) is 23.4 Å². The highest BCUT2D eigenvalue weighted by Crippen LogP contribution is 2.25. The topological polar surface area (TPSA) is 97.0 Å². The number of nitrogens with zero attached hydrogens (tertiary/aromatic N) is 1. The van der Waals surface area contributed by atoms with Crippen molar-refractivity contribution in [1.29, 1.82) is 0 Å². The summed E-state index contributed by atoms with van der Waals surface area (Å²) in [5.74, 6) is 0.610. The Kier molecular flexibility index (Phi) is 11.1. The van der Waals surface area contributed by atoms with E-state index in [0.29, 0.717) is 29.2 Å². The van der Waals surface area contributed by atoms with Gasteiger partial charge < -0.3 is 25.0 Å². The molecule has 0 bridgehead atoms. The number of hydrogen-bond donors (Lipinski definition) is 2. The van der Waals surface area contributed by atoms with E-state index in [1.165, 1.54) is 4.90 Å². The minimum Gasteiger partial charge on any atom is -0.497 e. The van der Waals surface area contributed by atoms with Crippen LogP contribution in [0.3, 0.4) is 0 Å². The van der Waals surface area contributed by atoms with Crippen LogP contribution < -0.4 is 15.4 Å². The number of rotatable bonds is 11. The lowest BCUT2D eigenvalue weighted by atomic mass is 10.0. The second-order valence-corrected chi connectivity index (χ2v) is 10.1. The summed E-state index contributed by atoms with van der Waals surface area (Å²) in [5.41, 5.74) is 0.544. The van der Waals surface area contributed by atoms with E-state index in [9.17, 15) is 14.4 Å². The number of benzene rings is 2. The molecule has 0 saturated carbocycles. The molecule has 9 heteroatoms. The number of hydrogen-bond acceptors (Lipinski definition) is 6. The van der Waals surface area contributed by atoms with Crippen LogP contribution in [-0.2, 0) is 14.3 Å². The summed E-state index contributed by atoms with van der Waals surface area (Å²) in [5, 5.41) is 5.63. The molecule has 36 heavy (non-hydrogen) atoms. The summed E-state index contributed by atoms with van der Waals surface area (Å²) in [6, 6.07) is 14.4. The van der Waals surface area contributed by atoms with Gasteiger partial charge in [0.25, 0.3) is 5.91 Å². The lowest BCUT2D eigenvalue weighted by Crippen LogP contribution is -2.52. The van der Waals surface area contributed by atoms with E-state index in [4.69, 9.17) is 9.47 Å². The molecule has 0 radical (unpaired) electrons. The number of likely N-dealkylation sites (N-methyl/N-ethyl adjacent to an activating group) is 1. The molecule has 2 rings (SSSR count). The number of alkyl carbamates (subject to hydrolysis) is 1. The third kappa shape index (κ3) is 8.78. The molecule has 2 aromatic rings. The Morgan fingerprint density at radius 3 is 2.19 bits per heavy atom. The van der Waals surface area contributed by atoms with Crippen LogP contribution in [0.15, 0.2) is 54.6 Å². The first-order valence-corrected chi connectivity index (χ1v) is 13.3. The zero-order valence-electron chi connectivity index (χ0n) is 21.9. The van der Waals surface area contributed by atoms with Crippen molar-refractivity contribution in [3.05, 3.63) is 60.2 Å². The Bertz CT molecular complexity index is 993. The highest BCUT2D eigenvalue weighted by molar-refractivity contribution is 7.98. The maximum absolute atomic E-state index is 13.8. The monoisotopic (exact) mass is 515 g/mol. The molecule has 2 aromatic carbocycles. The zero-order valence-corrected chi connectivity index (χ0v) is 22.7. The van der Waals surface area contributed by atoms with Crippen molar-refractivity contribution in [3.63, 3.8) is 0 Å². The summed E-state index contributed by atoms with van der Waals surface area (Å²) in [4.78, 5) is 41.4. The van der Waals surface area contributed by atoms with Crippen LogP contribution >= 0.6 is 11.8 Å². The van der Waals surface area contributed by atoms with Gasteiger partial charge >= 0.3 is 6.09 Å². The van der Waals surface area contributed by atoms with Gasteiger partial charge in [-0.2, -0.15) is 11.8 Å². The van der Waals surface area contributed by atoms with Gasteiger partial charge in [-0.1, -0.05) is 30.3 Å². The lowest BCUT2D eigenvalue weighted by molar-refractivity contribution is -0.140. The van der Waals surface area contributed by atoms with E-state index in [0.717, 1.165) is 0 Å². The Hall–Kier alpha value is -3.20. The number of amides is 3. The van der Waals surface area contributed by atoms with Crippen LogP contribution in [0.5, 0.6) is 5.75 Å². The maximum atomic E-state index is 13.8. The predicted molar refractivity (Wildman–Crippen MR) is 144 cm³/mol. The second kappa shape index (κ2) is 13.8. The maximum Gasteiger partial charge on any atom is 0.408 e. The molecular formula is C27H37N3O5S. The van der Waals surface area contributed by atoms with Crippen molar-refractivity contribution in [2.24, 2.45) is 0 Å². The average molecular weight is 516 g/mol. The fraction of sp³-hybridized carbons (Fsp3) is 0.444.